The van der Waals surface area contributed by atoms with Crippen LogP contribution in [0.2, 0.25) is 5.02 Å². The van der Waals surface area contributed by atoms with Crippen LogP contribution in [0.15, 0.2) is 48.7 Å². The Morgan fingerprint density at radius 2 is 1.94 bits per heavy atom. The number of nitrogens with zero attached hydrogens (tertiary/aromatic N) is 4. The number of amides is 4. The van der Waals surface area contributed by atoms with Gasteiger partial charge in [0, 0.05) is 40.4 Å². The van der Waals surface area contributed by atoms with Gasteiger partial charge in [-0.3, -0.25) is 24.5 Å². The largest absolute Gasteiger partial charge is 0.324 e. The summed E-state index contributed by atoms with van der Waals surface area (Å²) < 4.78 is 1.42. The maximum Gasteiger partial charge on any atom is 0.255 e. The van der Waals surface area contributed by atoms with Crippen molar-refractivity contribution in [2.45, 2.75) is 32.0 Å². The fourth-order valence-electron chi connectivity index (χ4n) is 4.17. The molecule has 1 unspecified atom stereocenters. The Balaban J connectivity index is 1.28. The van der Waals surface area contributed by atoms with Crippen molar-refractivity contribution in [2.75, 3.05) is 5.32 Å². The molecule has 2 aliphatic heterocycles. The second kappa shape index (κ2) is 8.71. The summed E-state index contributed by atoms with van der Waals surface area (Å²) in [6, 6.07) is 11.4. The van der Waals surface area contributed by atoms with E-state index in [4.69, 9.17) is 11.6 Å². The number of aromatic nitrogens is 3. The molecule has 0 aliphatic carbocycles. The SMILES string of the molecule is O=C1CCC(N2Cc3c(NC(=O)Cn4cc(-c5ccc(Cl)cc5)nn4)cccc3C2=O)C(=O)N1. The van der Waals surface area contributed by atoms with Gasteiger partial charge in [0.2, 0.25) is 17.7 Å². The monoisotopic (exact) mass is 478 g/mol. The summed E-state index contributed by atoms with van der Waals surface area (Å²) in [5.74, 6) is -1.46. The molecule has 1 atom stereocenters. The molecule has 10 nitrogen and oxygen atoms in total. The van der Waals surface area contributed by atoms with E-state index in [-0.39, 0.29) is 43.7 Å². The second-order valence-corrected chi connectivity index (χ2v) is 8.52. The highest BCUT2D eigenvalue weighted by Crippen LogP contribution is 2.32. The smallest absolute Gasteiger partial charge is 0.255 e. The van der Waals surface area contributed by atoms with Gasteiger partial charge in [-0.05, 0) is 30.7 Å². The van der Waals surface area contributed by atoms with Crippen LogP contribution in [0.4, 0.5) is 5.69 Å². The van der Waals surface area contributed by atoms with Crippen LogP contribution in [-0.4, -0.2) is 49.6 Å². The molecule has 2 aromatic carbocycles. The third-order valence-electron chi connectivity index (χ3n) is 5.84. The molecule has 2 aliphatic rings. The molecule has 2 N–H and O–H groups in total. The Bertz CT molecular complexity index is 1320. The summed E-state index contributed by atoms with van der Waals surface area (Å²) in [6.45, 7) is 0.0933. The lowest BCUT2D eigenvalue weighted by molar-refractivity contribution is -0.137. The van der Waals surface area contributed by atoms with Crippen molar-refractivity contribution >= 4 is 40.9 Å². The maximum atomic E-state index is 12.9. The number of hydrogen-bond acceptors (Lipinski definition) is 6. The van der Waals surface area contributed by atoms with Crippen LogP contribution in [0.25, 0.3) is 11.3 Å². The summed E-state index contributed by atoms with van der Waals surface area (Å²) in [6.07, 6.45) is 2.11. The minimum Gasteiger partial charge on any atom is -0.324 e. The van der Waals surface area contributed by atoms with Crippen LogP contribution in [0.1, 0.15) is 28.8 Å². The first kappa shape index (κ1) is 21.8. The first-order valence-electron chi connectivity index (χ1n) is 10.6. The molecule has 34 heavy (non-hydrogen) atoms. The minimum absolute atomic E-state index is 0.0743. The molecule has 0 saturated carbocycles. The predicted molar refractivity (Wildman–Crippen MR) is 122 cm³/mol. The van der Waals surface area contributed by atoms with Gasteiger partial charge in [0.25, 0.3) is 5.91 Å². The second-order valence-electron chi connectivity index (χ2n) is 8.09. The molecular weight excluding hydrogens is 460 g/mol. The summed E-state index contributed by atoms with van der Waals surface area (Å²) in [7, 11) is 0. The molecule has 1 aromatic heterocycles. The van der Waals surface area contributed by atoms with E-state index in [2.05, 4.69) is 20.9 Å². The predicted octanol–water partition coefficient (Wildman–Crippen LogP) is 2.00. The Morgan fingerprint density at radius 1 is 1.15 bits per heavy atom. The molecular formula is C23H19ClN6O4. The van der Waals surface area contributed by atoms with Gasteiger partial charge in [-0.2, -0.15) is 0 Å². The normalized spacial score (nSPS) is 17.5. The van der Waals surface area contributed by atoms with Crippen LogP contribution in [0.5, 0.6) is 0 Å². The fourth-order valence-corrected chi connectivity index (χ4v) is 4.29. The first-order chi connectivity index (χ1) is 16.4. The van der Waals surface area contributed by atoms with Crippen molar-refractivity contribution in [3.63, 3.8) is 0 Å². The number of hydrogen-bond donors (Lipinski definition) is 2. The number of halogens is 1. The molecule has 0 radical (unpaired) electrons. The van der Waals surface area contributed by atoms with E-state index in [0.29, 0.717) is 27.5 Å². The Labute approximate surface area is 198 Å². The van der Waals surface area contributed by atoms with Gasteiger partial charge in [-0.1, -0.05) is 35.0 Å². The van der Waals surface area contributed by atoms with Gasteiger partial charge in [0.15, 0.2) is 0 Å². The molecule has 3 aromatic rings. The average molecular weight is 479 g/mol. The lowest BCUT2D eigenvalue weighted by atomic mass is 10.0. The maximum absolute atomic E-state index is 12.9. The molecule has 5 rings (SSSR count). The molecule has 4 amide bonds. The molecule has 1 saturated heterocycles. The zero-order chi connectivity index (χ0) is 23.8. The minimum atomic E-state index is -0.720. The number of carbonyl (C=O) groups excluding carboxylic acids is 4. The fraction of sp³-hybridized carbons (Fsp3) is 0.217. The van der Waals surface area contributed by atoms with E-state index < -0.39 is 11.9 Å². The van der Waals surface area contributed by atoms with Crippen molar-refractivity contribution in [3.05, 3.63) is 64.8 Å². The third kappa shape index (κ3) is 4.15. The number of nitrogens with one attached hydrogen (secondary N) is 2. The summed E-state index contributed by atoms with van der Waals surface area (Å²) in [5.41, 5.74) is 2.97. The van der Waals surface area contributed by atoms with Crippen LogP contribution in [-0.2, 0) is 27.5 Å². The zero-order valence-corrected chi connectivity index (χ0v) is 18.6. The summed E-state index contributed by atoms with van der Waals surface area (Å²) >= 11 is 5.91. The third-order valence-corrected chi connectivity index (χ3v) is 6.09. The van der Waals surface area contributed by atoms with Crippen molar-refractivity contribution < 1.29 is 19.2 Å². The number of fused-ring (bicyclic) bond motifs is 1. The standard InChI is InChI=1S/C23H19ClN6O4/c24-14-6-4-13(5-7-14)18-11-29(28-27-18)12-21(32)25-17-3-1-2-15-16(17)10-30(23(15)34)19-8-9-20(31)26-22(19)33/h1-7,11,19H,8-10,12H2,(H,25,32)(H,26,31,33). The van der Waals surface area contributed by atoms with Gasteiger partial charge in [0.1, 0.15) is 18.3 Å². The number of benzene rings is 2. The van der Waals surface area contributed by atoms with Gasteiger partial charge in [-0.25, -0.2) is 4.68 Å². The van der Waals surface area contributed by atoms with E-state index in [1.165, 1.54) is 9.58 Å². The molecule has 0 spiro atoms. The highest BCUT2D eigenvalue weighted by Gasteiger charge is 2.39. The van der Waals surface area contributed by atoms with Crippen molar-refractivity contribution in [2.24, 2.45) is 0 Å². The topological polar surface area (TPSA) is 126 Å². The molecule has 0 bridgehead atoms. The highest BCUT2D eigenvalue weighted by atomic mass is 35.5. The van der Waals surface area contributed by atoms with Gasteiger partial charge in [-0.15, -0.1) is 5.10 Å². The number of carbonyl (C=O) groups is 4. The van der Waals surface area contributed by atoms with Gasteiger partial charge in [0.05, 0.1) is 6.20 Å². The Hall–Kier alpha value is -4.05. The lowest BCUT2D eigenvalue weighted by Crippen LogP contribution is -2.52. The van der Waals surface area contributed by atoms with Crippen LogP contribution in [0.3, 0.4) is 0 Å². The van der Waals surface area contributed by atoms with Crippen LogP contribution in [0, 0.1) is 0 Å². The average Bonchev–Trinajstić information content (AvgIpc) is 3.40. The Kier molecular flexibility index (Phi) is 5.58. The Morgan fingerprint density at radius 3 is 2.71 bits per heavy atom. The van der Waals surface area contributed by atoms with E-state index in [1.807, 2.05) is 12.1 Å². The van der Waals surface area contributed by atoms with E-state index in [0.717, 1.165) is 5.56 Å². The van der Waals surface area contributed by atoms with Crippen LogP contribution >= 0.6 is 11.6 Å². The van der Waals surface area contributed by atoms with Crippen molar-refractivity contribution in [1.29, 1.82) is 0 Å². The van der Waals surface area contributed by atoms with E-state index in [9.17, 15) is 19.2 Å². The number of imide groups is 1. The van der Waals surface area contributed by atoms with E-state index >= 15 is 0 Å². The number of piperidine rings is 1. The van der Waals surface area contributed by atoms with E-state index in [1.54, 1.807) is 36.5 Å². The molecule has 11 heteroatoms. The molecule has 3 heterocycles. The molecule has 172 valence electrons. The highest BCUT2D eigenvalue weighted by molar-refractivity contribution is 6.30. The molecule has 1 fully saturated rings. The number of anilines is 1. The zero-order valence-electron chi connectivity index (χ0n) is 17.8. The van der Waals surface area contributed by atoms with Crippen molar-refractivity contribution in [3.8, 4) is 11.3 Å². The van der Waals surface area contributed by atoms with Gasteiger partial charge < -0.3 is 10.2 Å². The van der Waals surface area contributed by atoms with Crippen molar-refractivity contribution in [1.82, 2.24) is 25.2 Å². The number of rotatable bonds is 5. The lowest BCUT2D eigenvalue weighted by Gasteiger charge is -2.29. The van der Waals surface area contributed by atoms with Gasteiger partial charge >= 0.3 is 0 Å². The first-order valence-corrected chi connectivity index (χ1v) is 11.0. The summed E-state index contributed by atoms with van der Waals surface area (Å²) in [4.78, 5) is 50.8. The van der Waals surface area contributed by atoms with Crippen LogP contribution < -0.4 is 10.6 Å². The summed E-state index contributed by atoms with van der Waals surface area (Å²) in [5, 5.41) is 13.8. The quantitative estimate of drug-likeness (QED) is 0.540.